The van der Waals surface area contributed by atoms with Gasteiger partial charge in [-0.2, -0.15) is 0 Å². The lowest BCUT2D eigenvalue weighted by Gasteiger charge is -2.15. The Hall–Kier alpha value is -1.84. The van der Waals surface area contributed by atoms with Crippen molar-refractivity contribution in [3.05, 3.63) is 70.2 Å². The molecule has 20 heavy (non-hydrogen) atoms. The van der Waals surface area contributed by atoms with E-state index >= 15 is 0 Å². The van der Waals surface area contributed by atoms with Gasteiger partial charge in [0, 0.05) is 11.6 Å². The number of rotatable bonds is 5. The van der Waals surface area contributed by atoms with E-state index in [0.29, 0.717) is 11.6 Å². The van der Waals surface area contributed by atoms with Crippen molar-refractivity contribution in [1.29, 1.82) is 0 Å². The molecular weight excluding hydrogens is 274 g/mol. The molecule has 0 aliphatic heterocycles. The van der Waals surface area contributed by atoms with Gasteiger partial charge in [0.2, 0.25) is 0 Å². The summed E-state index contributed by atoms with van der Waals surface area (Å²) in [6.07, 6.45) is 0. The molecule has 2 N–H and O–H groups in total. The normalized spacial score (nSPS) is 12.1. The second-order valence-corrected chi connectivity index (χ2v) is 5.06. The van der Waals surface area contributed by atoms with E-state index in [1.54, 1.807) is 6.07 Å². The van der Waals surface area contributed by atoms with Crippen LogP contribution in [0, 0.1) is 6.92 Å². The number of halogens is 1. The molecule has 0 aliphatic carbocycles. The van der Waals surface area contributed by atoms with Crippen molar-refractivity contribution in [2.75, 3.05) is 0 Å². The molecule has 0 radical (unpaired) electrons. The molecule has 0 bridgehead atoms. The minimum absolute atomic E-state index is 0.407. The Morgan fingerprint density at radius 2 is 1.85 bits per heavy atom. The third-order valence-electron chi connectivity index (χ3n) is 3.11. The minimum Gasteiger partial charge on any atom is -0.480 e. The topological polar surface area (TPSA) is 49.3 Å². The summed E-state index contributed by atoms with van der Waals surface area (Å²) in [5.41, 5.74) is 2.71. The molecule has 0 heterocycles. The number of carbonyl (C=O) groups is 1. The van der Waals surface area contributed by atoms with E-state index in [1.807, 2.05) is 49.4 Å². The average molecular weight is 290 g/mol. The van der Waals surface area contributed by atoms with Crippen LogP contribution < -0.4 is 5.32 Å². The lowest BCUT2D eigenvalue weighted by molar-refractivity contribution is -0.139. The molecule has 2 rings (SSSR count). The maximum Gasteiger partial charge on any atom is 0.325 e. The number of hydrogen-bond acceptors (Lipinski definition) is 2. The standard InChI is InChI=1S/C16H16ClNO2/c1-11-6-8-12(9-7-11)15(16(19)20)18-10-13-4-2-3-5-14(13)17/h2-9,15,18H,10H2,1H3,(H,19,20). The zero-order valence-corrected chi connectivity index (χ0v) is 11.9. The van der Waals surface area contributed by atoms with Gasteiger partial charge in [-0.25, -0.2) is 0 Å². The number of carboxylic acids is 1. The highest BCUT2D eigenvalue weighted by atomic mass is 35.5. The smallest absolute Gasteiger partial charge is 0.325 e. The van der Waals surface area contributed by atoms with Gasteiger partial charge in [-0.15, -0.1) is 0 Å². The summed E-state index contributed by atoms with van der Waals surface area (Å²) in [7, 11) is 0. The summed E-state index contributed by atoms with van der Waals surface area (Å²) in [6, 6.07) is 14.1. The lowest BCUT2D eigenvalue weighted by atomic mass is 10.0. The molecule has 1 atom stereocenters. The average Bonchev–Trinajstić information content (AvgIpc) is 2.42. The highest BCUT2D eigenvalue weighted by Gasteiger charge is 2.19. The Kier molecular flexibility index (Phi) is 4.77. The van der Waals surface area contributed by atoms with E-state index in [0.717, 1.165) is 16.7 Å². The second-order valence-electron chi connectivity index (χ2n) is 4.65. The molecule has 0 aliphatic rings. The fourth-order valence-electron chi connectivity index (χ4n) is 1.96. The molecule has 1 unspecified atom stereocenters. The van der Waals surface area contributed by atoms with Crippen LogP contribution in [0.25, 0.3) is 0 Å². The van der Waals surface area contributed by atoms with Gasteiger partial charge in [-0.1, -0.05) is 59.6 Å². The molecule has 104 valence electrons. The molecule has 0 saturated carbocycles. The molecule has 2 aromatic carbocycles. The van der Waals surface area contributed by atoms with Crippen LogP contribution in [0.1, 0.15) is 22.7 Å². The van der Waals surface area contributed by atoms with Crippen LogP contribution in [0.4, 0.5) is 0 Å². The number of nitrogens with one attached hydrogen (secondary N) is 1. The van der Waals surface area contributed by atoms with Gasteiger partial charge in [-0.05, 0) is 24.1 Å². The first-order valence-electron chi connectivity index (χ1n) is 6.34. The van der Waals surface area contributed by atoms with Gasteiger partial charge in [0.15, 0.2) is 0 Å². The Morgan fingerprint density at radius 1 is 1.20 bits per heavy atom. The summed E-state index contributed by atoms with van der Waals surface area (Å²) in [6.45, 7) is 2.38. The van der Waals surface area contributed by atoms with Gasteiger partial charge in [0.25, 0.3) is 0 Å². The van der Waals surface area contributed by atoms with E-state index in [-0.39, 0.29) is 0 Å². The molecule has 0 fully saturated rings. The Balaban J connectivity index is 2.13. The number of carboxylic acid groups (broad SMARTS) is 1. The zero-order chi connectivity index (χ0) is 14.5. The first-order chi connectivity index (χ1) is 9.58. The van der Waals surface area contributed by atoms with Crippen molar-refractivity contribution in [2.24, 2.45) is 0 Å². The van der Waals surface area contributed by atoms with Crippen molar-refractivity contribution in [3.63, 3.8) is 0 Å². The number of aryl methyl sites for hydroxylation is 1. The first-order valence-corrected chi connectivity index (χ1v) is 6.72. The maximum absolute atomic E-state index is 11.4. The van der Waals surface area contributed by atoms with Gasteiger partial charge < -0.3 is 5.11 Å². The molecule has 3 nitrogen and oxygen atoms in total. The van der Waals surface area contributed by atoms with Crippen LogP contribution >= 0.6 is 11.6 Å². The predicted molar refractivity (Wildman–Crippen MR) is 79.8 cm³/mol. The summed E-state index contributed by atoms with van der Waals surface area (Å²) in [4.78, 5) is 11.4. The van der Waals surface area contributed by atoms with Gasteiger partial charge in [0.05, 0.1) is 0 Å². The van der Waals surface area contributed by atoms with E-state index in [2.05, 4.69) is 5.32 Å². The van der Waals surface area contributed by atoms with Crippen LogP contribution in [0.15, 0.2) is 48.5 Å². The number of benzene rings is 2. The zero-order valence-electron chi connectivity index (χ0n) is 11.1. The highest BCUT2D eigenvalue weighted by Crippen LogP contribution is 2.18. The summed E-state index contributed by atoms with van der Waals surface area (Å²) in [5.74, 6) is -0.902. The summed E-state index contributed by atoms with van der Waals surface area (Å²) >= 11 is 6.07. The first kappa shape index (κ1) is 14.6. The second kappa shape index (κ2) is 6.55. The van der Waals surface area contributed by atoms with Crippen molar-refractivity contribution < 1.29 is 9.90 Å². The van der Waals surface area contributed by atoms with Crippen LogP contribution in [0.5, 0.6) is 0 Å². The largest absolute Gasteiger partial charge is 0.480 e. The molecule has 0 amide bonds. The quantitative estimate of drug-likeness (QED) is 0.885. The SMILES string of the molecule is Cc1ccc(C(NCc2ccccc2Cl)C(=O)O)cc1. The highest BCUT2D eigenvalue weighted by molar-refractivity contribution is 6.31. The van der Waals surface area contributed by atoms with E-state index in [4.69, 9.17) is 11.6 Å². The van der Waals surface area contributed by atoms with Crippen LogP contribution in [0.2, 0.25) is 5.02 Å². The Labute approximate surface area is 123 Å². The van der Waals surface area contributed by atoms with E-state index in [9.17, 15) is 9.90 Å². The molecule has 4 heteroatoms. The Morgan fingerprint density at radius 3 is 2.45 bits per heavy atom. The van der Waals surface area contributed by atoms with E-state index in [1.165, 1.54) is 0 Å². The van der Waals surface area contributed by atoms with Gasteiger partial charge >= 0.3 is 5.97 Å². The minimum atomic E-state index is -0.902. The van der Waals surface area contributed by atoms with Crippen LogP contribution in [-0.4, -0.2) is 11.1 Å². The van der Waals surface area contributed by atoms with Gasteiger partial charge in [0.1, 0.15) is 6.04 Å². The fraction of sp³-hybridized carbons (Fsp3) is 0.188. The van der Waals surface area contributed by atoms with Crippen molar-refractivity contribution in [2.45, 2.75) is 19.5 Å². The molecule has 2 aromatic rings. The number of hydrogen-bond donors (Lipinski definition) is 2. The molecule has 0 spiro atoms. The van der Waals surface area contributed by atoms with E-state index < -0.39 is 12.0 Å². The van der Waals surface area contributed by atoms with Crippen LogP contribution in [0.3, 0.4) is 0 Å². The lowest BCUT2D eigenvalue weighted by Crippen LogP contribution is -2.28. The molecular formula is C16H16ClNO2. The van der Waals surface area contributed by atoms with Crippen molar-refractivity contribution in [1.82, 2.24) is 5.32 Å². The summed E-state index contributed by atoms with van der Waals surface area (Å²) in [5, 5.41) is 13.0. The fourth-order valence-corrected chi connectivity index (χ4v) is 2.16. The Bertz CT molecular complexity index is 596. The number of aliphatic carboxylic acids is 1. The third kappa shape index (κ3) is 3.59. The van der Waals surface area contributed by atoms with Crippen molar-refractivity contribution >= 4 is 17.6 Å². The van der Waals surface area contributed by atoms with Crippen LogP contribution in [-0.2, 0) is 11.3 Å². The van der Waals surface area contributed by atoms with Crippen molar-refractivity contribution in [3.8, 4) is 0 Å². The third-order valence-corrected chi connectivity index (χ3v) is 3.48. The maximum atomic E-state index is 11.4. The summed E-state index contributed by atoms with van der Waals surface area (Å²) < 4.78 is 0. The predicted octanol–water partition coefficient (Wildman–Crippen LogP) is 3.56. The van der Waals surface area contributed by atoms with Gasteiger partial charge in [-0.3, -0.25) is 10.1 Å². The molecule has 0 saturated heterocycles. The monoisotopic (exact) mass is 289 g/mol. The molecule has 0 aromatic heterocycles.